The Morgan fingerprint density at radius 3 is 2.72 bits per heavy atom. The maximum atomic E-state index is 11.7. The molecule has 1 heterocycles. The number of anilines is 1. The number of aromatic amines is 1. The lowest BCUT2D eigenvalue weighted by molar-refractivity contribution is -0.116. The van der Waals surface area contributed by atoms with Gasteiger partial charge in [0.15, 0.2) is 3.95 Å². The highest BCUT2D eigenvalue weighted by atomic mass is 32.1. The number of aromatic nitrogens is 2. The molecule has 9 heteroatoms. The van der Waals surface area contributed by atoms with E-state index in [4.69, 9.17) is 17.0 Å². The zero-order valence-electron chi connectivity index (χ0n) is 13.6. The van der Waals surface area contributed by atoms with Crippen LogP contribution >= 0.6 is 23.6 Å². The first-order valence-electron chi connectivity index (χ1n) is 7.93. The number of rotatable bonds is 9. The predicted molar refractivity (Wildman–Crippen MR) is 99.0 cm³/mol. The first kappa shape index (κ1) is 19.1. The average molecular weight is 380 g/mol. The number of nitrogens with one attached hydrogen (secondary N) is 3. The highest BCUT2D eigenvalue weighted by Crippen LogP contribution is 2.11. The molecule has 0 atom stereocenters. The third kappa shape index (κ3) is 7.90. The van der Waals surface area contributed by atoms with Gasteiger partial charge in [0.25, 0.3) is 0 Å². The molecule has 2 amide bonds. The van der Waals surface area contributed by atoms with Crippen LogP contribution in [-0.2, 0) is 16.1 Å². The summed E-state index contributed by atoms with van der Waals surface area (Å²) < 4.78 is 5.64. The lowest BCUT2D eigenvalue weighted by atomic mass is 10.2. The summed E-state index contributed by atoms with van der Waals surface area (Å²) in [6.45, 7) is 0.781. The Bertz CT molecular complexity index is 730. The summed E-state index contributed by atoms with van der Waals surface area (Å²) in [5.41, 5.74) is 0.949. The summed E-state index contributed by atoms with van der Waals surface area (Å²) >= 11 is 6.12. The summed E-state index contributed by atoms with van der Waals surface area (Å²) in [4.78, 5) is 23.2. The highest BCUT2D eigenvalue weighted by molar-refractivity contribution is 7.73. The van der Waals surface area contributed by atoms with Crippen LogP contribution in [0.2, 0.25) is 0 Å². The number of H-pyrrole nitrogens is 1. The van der Waals surface area contributed by atoms with E-state index in [1.165, 1.54) is 11.3 Å². The molecule has 0 aliphatic carbocycles. The van der Waals surface area contributed by atoms with Crippen LogP contribution in [0.3, 0.4) is 0 Å². The third-order valence-electron chi connectivity index (χ3n) is 3.25. The molecular weight excluding hydrogens is 360 g/mol. The molecule has 134 valence electrons. The van der Waals surface area contributed by atoms with Gasteiger partial charge in [0.1, 0.15) is 6.61 Å². The SMILES string of the molecule is O=C(CCCCCNC(=O)OCc1ccccc1)Nc1n[nH]c(=S)s1. The molecule has 0 spiro atoms. The summed E-state index contributed by atoms with van der Waals surface area (Å²) in [6, 6.07) is 9.51. The van der Waals surface area contributed by atoms with Crippen LogP contribution in [-0.4, -0.2) is 28.7 Å². The largest absolute Gasteiger partial charge is 0.445 e. The second-order valence-corrected chi connectivity index (χ2v) is 6.93. The molecule has 25 heavy (non-hydrogen) atoms. The monoisotopic (exact) mass is 380 g/mol. The fourth-order valence-electron chi connectivity index (χ4n) is 2.02. The number of nitrogens with zero attached hydrogens (tertiary/aromatic N) is 1. The van der Waals surface area contributed by atoms with Gasteiger partial charge >= 0.3 is 6.09 Å². The van der Waals surface area contributed by atoms with E-state index in [0.29, 0.717) is 22.1 Å². The molecule has 3 N–H and O–H groups in total. The van der Waals surface area contributed by atoms with Crippen molar-refractivity contribution in [2.45, 2.75) is 32.3 Å². The van der Waals surface area contributed by atoms with E-state index in [9.17, 15) is 9.59 Å². The number of unbranched alkanes of at least 4 members (excludes halogenated alkanes) is 2. The van der Waals surface area contributed by atoms with E-state index >= 15 is 0 Å². The number of hydrogen-bond donors (Lipinski definition) is 3. The summed E-state index contributed by atoms with van der Waals surface area (Å²) in [5.74, 6) is -0.0898. The Morgan fingerprint density at radius 2 is 2.00 bits per heavy atom. The molecule has 0 saturated carbocycles. The van der Waals surface area contributed by atoms with Crippen LogP contribution in [0.4, 0.5) is 9.93 Å². The molecular formula is C16H20N4O3S2. The van der Waals surface area contributed by atoms with Gasteiger partial charge in [-0.05, 0) is 30.6 Å². The molecule has 2 rings (SSSR count). The standard InChI is InChI=1S/C16H20N4O3S2/c21-13(18-14-19-20-16(24)25-14)9-5-2-6-10-17-15(22)23-11-12-7-3-1-4-8-12/h1,3-4,7-8H,2,5-6,9-11H2,(H,17,22)(H,20,24)(H,18,19,21). The average Bonchev–Trinajstić information content (AvgIpc) is 3.01. The Labute approximate surface area is 154 Å². The molecule has 0 bridgehead atoms. The van der Waals surface area contributed by atoms with Gasteiger partial charge in [-0.1, -0.05) is 48.1 Å². The van der Waals surface area contributed by atoms with E-state index in [1.54, 1.807) is 0 Å². The van der Waals surface area contributed by atoms with Crippen LogP contribution < -0.4 is 10.6 Å². The zero-order valence-corrected chi connectivity index (χ0v) is 15.3. The maximum Gasteiger partial charge on any atom is 0.407 e. The minimum absolute atomic E-state index is 0.0898. The topological polar surface area (TPSA) is 96.1 Å². The van der Waals surface area contributed by atoms with E-state index in [0.717, 1.165) is 24.8 Å². The first-order chi connectivity index (χ1) is 12.1. The number of carbonyl (C=O) groups excluding carboxylic acids is 2. The normalized spacial score (nSPS) is 10.2. The van der Waals surface area contributed by atoms with Gasteiger partial charge in [-0.15, -0.1) is 5.10 Å². The molecule has 1 aromatic heterocycles. The fourth-order valence-corrected chi connectivity index (χ4v) is 2.82. The van der Waals surface area contributed by atoms with E-state index in [-0.39, 0.29) is 12.5 Å². The van der Waals surface area contributed by atoms with Crippen LogP contribution in [0.1, 0.15) is 31.2 Å². The second kappa shape index (κ2) is 10.6. The number of hydrogen-bond acceptors (Lipinski definition) is 6. The van der Waals surface area contributed by atoms with Crippen molar-refractivity contribution in [2.75, 3.05) is 11.9 Å². The number of amides is 2. The van der Waals surface area contributed by atoms with Crippen LogP contribution in [0.15, 0.2) is 30.3 Å². The molecule has 7 nitrogen and oxygen atoms in total. The van der Waals surface area contributed by atoms with Crippen molar-refractivity contribution < 1.29 is 14.3 Å². The molecule has 0 radical (unpaired) electrons. The van der Waals surface area contributed by atoms with Crippen molar-refractivity contribution >= 4 is 40.7 Å². The molecule has 1 aromatic carbocycles. The Hall–Kier alpha value is -2.26. The quantitative estimate of drug-likeness (QED) is 0.456. The summed E-state index contributed by atoms with van der Waals surface area (Å²) in [6.07, 6.45) is 2.34. The number of alkyl carbamates (subject to hydrolysis) is 1. The van der Waals surface area contributed by atoms with E-state index < -0.39 is 6.09 Å². The van der Waals surface area contributed by atoms with Crippen LogP contribution in [0, 0.1) is 3.95 Å². The summed E-state index contributed by atoms with van der Waals surface area (Å²) in [5, 5.41) is 12.3. The highest BCUT2D eigenvalue weighted by Gasteiger charge is 2.05. The smallest absolute Gasteiger partial charge is 0.407 e. The van der Waals surface area contributed by atoms with Gasteiger partial charge in [0.2, 0.25) is 11.0 Å². The number of ether oxygens (including phenoxy) is 1. The van der Waals surface area contributed by atoms with Crippen molar-refractivity contribution in [1.29, 1.82) is 0 Å². The second-order valence-electron chi connectivity index (χ2n) is 5.27. The van der Waals surface area contributed by atoms with E-state index in [1.807, 2.05) is 30.3 Å². The van der Waals surface area contributed by atoms with Gasteiger partial charge < -0.3 is 15.4 Å². The van der Waals surface area contributed by atoms with Gasteiger partial charge in [0.05, 0.1) is 0 Å². The number of benzene rings is 1. The fraction of sp³-hybridized carbons (Fsp3) is 0.375. The lowest BCUT2D eigenvalue weighted by Crippen LogP contribution is -2.25. The third-order valence-corrected chi connectivity index (χ3v) is 4.25. The lowest BCUT2D eigenvalue weighted by Gasteiger charge is -2.07. The molecule has 0 aliphatic rings. The van der Waals surface area contributed by atoms with E-state index in [2.05, 4.69) is 20.8 Å². The van der Waals surface area contributed by atoms with Crippen molar-refractivity contribution in [3.63, 3.8) is 0 Å². The van der Waals surface area contributed by atoms with Gasteiger partial charge in [0, 0.05) is 13.0 Å². The Morgan fingerprint density at radius 1 is 1.20 bits per heavy atom. The van der Waals surface area contributed by atoms with Gasteiger partial charge in [-0.2, -0.15) is 0 Å². The first-order valence-corrected chi connectivity index (χ1v) is 9.16. The summed E-state index contributed by atoms with van der Waals surface area (Å²) in [7, 11) is 0. The predicted octanol–water partition coefficient (Wildman–Crippen LogP) is 3.63. The van der Waals surface area contributed by atoms with Gasteiger partial charge in [-0.25, -0.2) is 4.79 Å². The number of carbonyl (C=O) groups is 2. The van der Waals surface area contributed by atoms with Crippen molar-refractivity contribution in [3.8, 4) is 0 Å². The molecule has 0 saturated heterocycles. The zero-order chi connectivity index (χ0) is 17.9. The van der Waals surface area contributed by atoms with Crippen LogP contribution in [0.5, 0.6) is 0 Å². The minimum atomic E-state index is -0.429. The Balaban J connectivity index is 1.48. The molecule has 2 aromatic rings. The molecule has 0 unspecified atom stereocenters. The van der Waals surface area contributed by atoms with Crippen LogP contribution in [0.25, 0.3) is 0 Å². The molecule has 0 aliphatic heterocycles. The van der Waals surface area contributed by atoms with Gasteiger partial charge in [-0.3, -0.25) is 9.89 Å². The van der Waals surface area contributed by atoms with Crippen molar-refractivity contribution in [1.82, 2.24) is 15.5 Å². The molecule has 0 fully saturated rings. The Kier molecular flexibility index (Phi) is 8.06. The van der Waals surface area contributed by atoms with Crippen molar-refractivity contribution in [3.05, 3.63) is 39.8 Å². The maximum absolute atomic E-state index is 11.7. The minimum Gasteiger partial charge on any atom is -0.445 e. The van der Waals surface area contributed by atoms with Crippen molar-refractivity contribution in [2.24, 2.45) is 0 Å².